The second-order valence-corrected chi connectivity index (χ2v) is 4.73. The van der Waals surface area contributed by atoms with Gasteiger partial charge in [0.2, 0.25) is 0 Å². The van der Waals surface area contributed by atoms with Gasteiger partial charge in [-0.2, -0.15) is 0 Å². The van der Waals surface area contributed by atoms with Crippen molar-refractivity contribution in [2.75, 3.05) is 6.54 Å². The lowest BCUT2D eigenvalue weighted by Gasteiger charge is -2.23. The van der Waals surface area contributed by atoms with Gasteiger partial charge in [0.05, 0.1) is 0 Å². The average molecular weight is 240 g/mol. The quantitative estimate of drug-likeness (QED) is 0.841. The van der Waals surface area contributed by atoms with Crippen LogP contribution >= 0.6 is 0 Å². The SMILES string of the molecule is C/C=C/C=C1/NC(c2ccc(C)cc2)=NC[C@H]1C. The van der Waals surface area contributed by atoms with Gasteiger partial charge in [-0.15, -0.1) is 0 Å². The van der Waals surface area contributed by atoms with Crippen molar-refractivity contribution >= 4 is 5.84 Å². The number of nitrogens with zero attached hydrogens (tertiary/aromatic N) is 1. The molecule has 94 valence electrons. The Morgan fingerprint density at radius 2 is 2.00 bits per heavy atom. The van der Waals surface area contributed by atoms with Crippen LogP contribution in [-0.4, -0.2) is 12.4 Å². The molecule has 0 bridgehead atoms. The minimum absolute atomic E-state index is 0.454. The molecule has 1 heterocycles. The summed E-state index contributed by atoms with van der Waals surface area (Å²) in [6, 6.07) is 8.47. The lowest BCUT2D eigenvalue weighted by Crippen LogP contribution is -2.33. The van der Waals surface area contributed by atoms with Gasteiger partial charge in [-0.1, -0.05) is 48.9 Å². The third kappa shape index (κ3) is 2.89. The van der Waals surface area contributed by atoms with Crippen LogP contribution in [0.1, 0.15) is 25.0 Å². The molecule has 1 atom stereocenters. The lowest BCUT2D eigenvalue weighted by molar-refractivity contribution is 0.639. The molecule has 0 radical (unpaired) electrons. The van der Waals surface area contributed by atoms with E-state index in [4.69, 9.17) is 0 Å². The molecule has 2 nitrogen and oxygen atoms in total. The summed E-state index contributed by atoms with van der Waals surface area (Å²) in [5.41, 5.74) is 3.66. The number of allylic oxidation sites excluding steroid dienone is 3. The Labute approximate surface area is 109 Å². The van der Waals surface area contributed by atoms with E-state index < -0.39 is 0 Å². The molecule has 0 saturated carbocycles. The van der Waals surface area contributed by atoms with Crippen LogP contribution in [-0.2, 0) is 0 Å². The van der Waals surface area contributed by atoms with Crippen LogP contribution in [0.5, 0.6) is 0 Å². The van der Waals surface area contributed by atoms with Crippen molar-refractivity contribution in [1.29, 1.82) is 0 Å². The Balaban J connectivity index is 2.23. The number of amidine groups is 1. The Kier molecular flexibility index (Phi) is 3.98. The van der Waals surface area contributed by atoms with Crippen LogP contribution in [0.25, 0.3) is 0 Å². The van der Waals surface area contributed by atoms with Gasteiger partial charge in [0.15, 0.2) is 0 Å². The van der Waals surface area contributed by atoms with Crippen molar-refractivity contribution in [2.24, 2.45) is 10.9 Å². The molecule has 1 N–H and O–H groups in total. The smallest absolute Gasteiger partial charge is 0.132 e. The third-order valence-electron chi connectivity index (χ3n) is 3.11. The molecular formula is C16H20N2. The molecule has 0 aliphatic carbocycles. The Bertz CT molecular complexity index is 492. The van der Waals surface area contributed by atoms with Gasteiger partial charge < -0.3 is 5.32 Å². The normalized spacial score (nSPS) is 22.1. The van der Waals surface area contributed by atoms with E-state index in [9.17, 15) is 0 Å². The van der Waals surface area contributed by atoms with Crippen LogP contribution in [0, 0.1) is 12.8 Å². The van der Waals surface area contributed by atoms with Crippen LogP contribution in [0.15, 0.2) is 53.2 Å². The molecular weight excluding hydrogens is 220 g/mol. The maximum Gasteiger partial charge on any atom is 0.132 e. The number of hydrogen-bond acceptors (Lipinski definition) is 2. The molecule has 1 aliphatic heterocycles. The van der Waals surface area contributed by atoms with Crippen molar-refractivity contribution in [3.8, 4) is 0 Å². The summed E-state index contributed by atoms with van der Waals surface area (Å²) in [6.45, 7) is 7.16. The van der Waals surface area contributed by atoms with Gasteiger partial charge in [0.1, 0.15) is 5.84 Å². The third-order valence-corrected chi connectivity index (χ3v) is 3.11. The molecule has 0 aromatic heterocycles. The maximum absolute atomic E-state index is 4.61. The van der Waals surface area contributed by atoms with Gasteiger partial charge in [0, 0.05) is 23.7 Å². The minimum atomic E-state index is 0.454. The van der Waals surface area contributed by atoms with Crippen molar-refractivity contribution < 1.29 is 0 Å². The fraction of sp³-hybridized carbons (Fsp3) is 0.312. The Morgan fingerprint density at radius 3 is 2.67 bits per heavy atom. The standard InChI is InChI=1S/C16H20N2/c1-4-5-6-15-13(3)11-17-16(18-15)14-9-7-12(2)8-10-14/h4-10,13H,11H2,1-3H3,(H,17,18)/b5-4+,15-6+/t13-/m1/s1. The van der Waals surface area contributed by atoms with Crippen LogP contribution in [0.2, 0.25) is 0 Å². The molecule has 2 heteroatoms. The molecule has 0 unspecified atom stereocenters. The zero-order chi connectivity index (χ0) is 13.0. The van der Waals surface area contributed by atoms with Crippen LogP contribution < -0.4 is 5.32 Å². The second kappa shape index (κ2) is 5.67. The second-order valence-electron chi connectivity index (χ2n) is 4.73. The summed E-state index contributed by atoms with van der Waals surface area (Å²) in [6.07, 6.45) is 6.24. The average Bonchev–Trinajstić information content (AvgIpc) is 2.39. The predicted molar refractivity (Wildman–Crippen MR) is 77.8 cm³/mol. The van der Waals surface area contributed by atoms with E-state index in [1.54, 1.807) is 0 Å². The van der Waals surface area contributed by atoms with Crippen LogP contribution in [0.4, 0.5) is 0 Å². The van der Waals surface area contributed by atoms with Crippen molar-refractivity contribution in [1.82, 2.24) is 5.32 Å². The summed E-state index contributed by atoms with van der Waals surface area (Å²) in [5, 5.41) is 3.43. The first-order chi connectivity index (χ1) is 8.70. The predicted octanol–water partition coefficient (Wildman–Crippen LogP) is 3.44. The van der Waals surface area contributed by atoms with E-state index in [-0.39, 0.29) is 0 Å². The highest BCUT2D eigenvalue weighted by molar-refractivity contribution is 6.00. The van der Waals surface area contributed by atoms with Gasteiger partial charge in [-0.05, 0) is 19.9 Å². The minimum Gasteiger partial charge on any atom is -0.343 e. The summed E-state index contributed by atoms with van der Waals surface area (Å²) in [4.78, 5) is 4.61. The first-order valence-electron chi connectivity index (χ1n) is 6.42. The van der Waals surface area contributed by atoms with Crippen molar-refractivity contribution in [3.05, 3.63) is 59.3 Å². The van der Waals surface area contributed by atoms with Gasteiger partial charge in [0.25, 0.3) is 0 Å². The first kappa shape index (κ1) is 12.6. The Morgan fingerprint density at radius 1 is 1.28 bits per heavy atom. The molecule has 1 aromatic rings. The largest absolute Gasteiger partial charge is 0.343 e. The molecule has 18 heavy (non-hydrogen) atoms. The van der Waals surface area contributed by atoms with Gasteiger partial charge >= 0.3 is 0 Å². The van der Waals surface area contributed by atoms with E-state index in [2.05, 4.69) is 60.6 Å². The number of aryl methyl sites for hydroxylation is 1. The highest BCUT2D eigenvalue weighted by Gasteiger charge is 2.16. The molecule has 0 fully saturated rings. The zero-order valence-electron chi connectivity index (χ0n) is 11.3. The van der Waals surface area contributed by atoms with E-state index in [0.717, 1.165) is 17.9 Å². The lowest BCUT2D eigenvalue weighted by atomic mass is 10.0. The van der Waals surface area contributed by atoms with Crippen molar-refractivity contribution in [2.45, 2.75) is 20.8 Å². The monoisotopic (exact) mass is 240 g/mol. The number of nitrogens with one attached hydrogen (secondary N) is 1. The fourth-order valence-corrected chi connectivity index (χ4v) is 1.91. The Hall–Kier alpha value is -1.83. The topological polar surface area (TPSA) is 24.4 Å². The molecule has 0 spiro atoms. The fourth-order valence-electron chi connectivity index (χ4n) is 1.91. The van der Waals surface area contributed by atoms with E-state index >= 15 is 0 Å². The van der Waals surface area contributed by atoms with Gasteiger partial charge in [-0.3, -0.25) is 4.99 Å². The highest BCUT2D eigenvalue weighted by Crippen LogP contribution is 2.16. The number of benzene rings is 1. The van der Waals surface area contributed by atoms with Crippen LogP contribution in [0.3, 0.4) is 0 Å². The zero-order valence-corrected chi connectivity index (χ0v) is 11.3. The summed E-state index contributed by atoms with van der Waals surface area (Å²) in [5.74, 6) is 1.43. The first-order valence-corrected chi connectivity index (χ1v) is 6.42. The highest BCUT2D eigenvalue weighted by atomic mass is 15.0. The summed E-state index contributed by atoms with van der Waals surface area (Å²) < 4.78 is 0. The van der Waals surface area contributed by atoms with E-state index in [1.807, 2.05) is 13.0 Å². The van der Waals surface area contributed by atoms with Gasteiger partial charge in [-0.25, -0.2) is 0 Å². The molecule has 0 saturated heterocycles. The molecule has 1 aliphatic rings. The van der Waals surface area contributed by atoms with Crippen molar-refractivity contribution in [3.63, 3.8) is 0 Å². The number of aliphatic imine (C=N–C) groups is 1. The number of rotatable bonds is 2. The molecule has 0 amide bonds. The van der Waals surface area contributed by atoms with E-state index in [1.165, 1.54) is 11.3 Å². The maximum atomic E-state index is 4.61. The van der Waals surface area contributed by atoms with E-state index in [0.29, 0.717) is 5.92 Å². The summed E-state index contributed by atoms with van der Waals surface area (Å²) >= 11 is 0. The molecule has 2 rings (SSSR count). The summed E-state index contributed by atoms with van der Waals surface area (Å²) in [7, 11) is 0. The number of hydrogen-bond donors (Lipinski definition) is 1. The molecule has 1 aromatic carbocycles.